The molecule has 3 atom stereocenters. The molecule has 3 unspecified atom stereocenters. The molecular weight excluding hydrogens is 278 g/mol. The molecular formula is C13H23N3O3S. The summed E-state index contributed by atoms with van der Waals surface area (Å²) in [5, 5.41) is 9.29. The van der Waals surface area contributed by atoms with Crippen molar-refractivity contribution in [3.63, 3.8) is 0 Å². The highest BCUT2D eigenvalue weighted by molar-refractivity contribution is 8.00. The molecule has 2 fully saturated rings. The lowest BCUT2D eigenvalue weighted by Crippen LogP contribution is -2.58. The van der Waals surface area contributed by atoms with Crippen LogP contribution in [0.5, 0.6) is 0 Å². The van der Waals surface area contributed by atoms with Gasteiger partial charge in [0.1, 0.15) is 6.04 Å². The summed E-state index contributed by atoms with van der Waals surface area (Å²) in [6.45, 7) is 6.25. The average molecular weight is 301 g/mol. The van der Waals surface area contributed by atoms with E-state index < -0.39 is 12.0 Å². The van der Waals surface area contributed by atoms with Crippen LogP contribution in [0.1, 0.15) is 20.3 Å². The Balaban J connectivity index is 2.11. The van der Waals surface area contributed by atoms with Crippen molar-refractivity contribution in [2.45, 2.75) is 37.7 Å². The van der Waals surface area contributed by atoms with Crippen molar-refractivity contribution in [3.8, 4) is 0 Å². The quantitative estimate of drug-likeness (QED) is 0.824. The maximum absolute atomic E-state index is 12.7. The first-order valence-electron chi connectivity index (χ1n) is 7.07. The number of rotatable bonds is 2. The van der Waals surface area contributed by atoms with E-state index in [0.717, 1.165) is 13.0 Å². The first-order valence-corrected chi connectivity index (χ1v) is 8.12. The van der Waals surface area contributed by atoms with Crippen molar-refractivity contribution in [2.24, 2.45) is 0 Å². The monoisotopic (exact) mass is 301 g/mol. The Hall–Kier alpha value is -0.950. The second-order valence-electron chi connectivity index (χ2n) is 5.52. The molecule has 0 aliphatic carbocycles. The van der Waals surface area contributed by atoms with Gasteiger partial charge in [0, 0.05) is 31.4 Å². The molecule has 2 amide bonds. The van der Waals surface area contributed by atoms with Gasteiger partial charge in [-0.05, 0) is 20.4 Å². The number of carbonyl (C=O) groups excluding carboxylic acids is 1. The van der Waals surface area contributed by atoms with Crippen LogP contribution in [0.25, 0.3) is 0 Å². The predicted octanol–water partition coefficient (Wildman–Crippen LogP) is 0.980. The number of hydrogen-bond donors (Lipinski definition) is 1. The molecule has 0 saturated carbocycles. The molecule has 2 aliphatic heterocycles. The highest BCUT2D eigenvalue weighted by Crippen LogP contribution is 2.32. The van der Waals surface area contributed by atoms with E-state index in [9.17, 15) is 14.7 Å². The van der Waals surface area contributed by atoms with Gasteiger partial charge in [-0.25, -0.2) is 9.59 Å². The van der Waals surface area contributed by atoms with E-state index in [4.69, 9.17) is 0 Å². The third-order valence-electron chi connectivity index (χ3n) is 4.18. The zero-order chi connectivity index (χ0) is 14.9. The smallest absolute Gasteiger partial charge is 0.327 e. The van der Waals surface area contributed by atoms with Crippen LogP contribution in [-0.4, -0.2) is 81.7 Å². The SMILES string of the molecule is CCC1SCC(C(=O)O)N1C(=O)N1CCN(C)C(C)C1. The van der Waals surface area contributed by atoms with E-state index in [1.54, 1.807) is 21.6 Å². The summed E-state index contributed by atoms with van der Waals surface area (Å²) in [4.78, 5) is 29.6. The molecule has 0 aromatic rings. The van der Waals surface area contributed by atoms with E-state index in [1.807, 2.05) is 14.0 Å². The standard InChI is InChI=1S/C13H23N3O3S/c1-4-11-16(10(8-20-11)12(17)18)13(19)15-6-5-14(3)9(2)7-15/h9-11H,4-8H2,1-3H3,(H,17,18). The highest BCUT2D eigenvalue weighted by Gasteiger charge is 2.43. The molecule has 1 N–H and O–H groups in total. The molecule has 0 aromatic heterocycles. The molecule has 2 saturated heterocycles. The third-order valence-corrected chi connectivity index (χ3v) is 5.63. The van der Waals surface area contributed by atoms with Gasteiger partial charge in [0.2, 0.25) is 0 Å². The minimum Gasteiger partial charge on any atom is -0.480 e. The molecule has 0 aromatic carbocycles. The van der Waals surface area contributed by atoms with Crippen LogP contribution in [0, 0.1) is 0 Å². The summed E-state index contributed by atoms with van der Waals surface area (Å²) in [7, 11) is 2.05. The van der Waals surface area contributed by atoms with E-state index in [0.29, 0.717) is 24.9 Å². The van der Waals surface area contributed by atoms with Gasteiger partial charge in [0.15, 0.2) is 0 Å². The number of aliphatic carboxylic acids is 1. The number of hydrogen-bond acceptors (Lipinski definition) is 4. The minimum absolute atomic E-state index is 0.0152. The maximum Gasteiger partial charge on any atom is 0.327 e. The molecule has 6 nitrogen and oxygen atoms in total. The van der Waals surface area contributed by atoms with Crippen molar-refractivity contribution < 1.29 is 14.7 Å². The summed E-state index contributed by atoms with van der Waals surface area (Å²) < 4.78 is 0. The van der Waals surface area contributed by atoms with Gasteiger partial charge >= 0.3 is 12.0 Å². The average Bonchev–Trinajstić information content (AvgIpc) is 2.85. The van der Waals surface area contributed by atoms with Crippen molar-refractivity contribution in [1.82, 2.24) is 14.7 Å². The fourth-order valence-electron chi connectivity index (χ4n) is 2.71. The van der Waals surface area contributed by atoms with E-state index in [1.165, 1.54) is 0 Å². The second kappa shape index (κ2) is 6.22. The number of carbonyl (C=O) groups is 2. The summed E-state index contributed by atoms with van der Waals surface area (Å²) in [6.07, 6.45) is 0.781. The van der Waals surface area contributed by atoms with Crippen molar-refractivity contribution in [2.75, 3.05) is 32.4 Å². The van der Waals surface area contributed by atoms with E-state index >= 15 is 0 Å². The number of thioether (sulfide) groups is 1. The van der Waals surface area contributed by atoms with Crippen LogP contribution in [0.4, 0.5) is 4.79 Å². The molecule has 114 valence electrons. The van der Waals surface area contributed by atoms with Crippen LogP contribution in [0.15, 0.2) is 0 Å². The van der Waals surface area contributed by atoms with Crippen LogP contribution in [0.2, 0.25) is 0 Å². The summed E-state index contributed by atoms with van der Waals surface area (Å²) in [5.41, 5.74) is 0. The van der Waals surface area contributed by atoms with Gasteiger partial charge in [-0.3, -0.25) is 4.90 Å². The van der Waals surface area contributed by atoms with E-state index in [-0.39, 0.29) is 11.4 Å². The molecule has 2 aliphatic rings. The summed E-state index contributed by atoms with van der Waals surface area (Å²) in [6, 6.07) is -0.493. The zero-order valence-corrected chi connectivity index (χ0v) is 13.1. The lowest BCUT2D eigenvalue weighted by atomic mass is 10.2. The molecule has 20 heavy (non-hydrogen) atoms. The summed E-state index contributed by atoms with van der Waals surface area (Å²) >= 11 is 1.57. The van der Waals surface area contributed by atoms with Crippen molar-refractivity contribution in [1.29, 1.82) is 0 Å². The Kier molecular flexibility index (Phi) is 4.80. The Bertz CT molecular complexity index is 393. The van der Waals surface area contributed by atoms with Crippen LogP contribution in [0.3, 0.4) is 0 Å². The van der Waals surface area contributed by atoms with Crippen LogP contribution < -0.4 is 0 Å². The number of amides is 2. The largest absolute Gasteiger partial charge is 0.480 e. The van der Waals surface area contributed by atoms with Gasteiger partial charge in [-0.1, -0.05) is 6.92 Å². The lowest BCUT2D eigenvalue weighted by molar-refractivity contribution is -0.141. The lowest BCUT2D eigenvalue weighted by Gasteiger charge is -2.40. The number of urea groups is 1. The normalized spacial score (nSPS) is 31.6. The number of piperazine rings is 1. The molecule has 0 radical (unpaired) electrons. The van der Waals surface area contributed by atoms with Crippen molar-refractivity contribution >= 4 is 23.8 Å². The molecule has 2 rings (SSSR count). The fraction of sp³-hybridized carbons (Fsp3) is 0.846. The predicted molar refractivity (Wildman–Crippen MR) is 78.9 cm³/mol. The molecule has 7 heteroatoms. The van der Waals surface area contributed by atoms with Crippen LogP contribution >= 0.6 is 11.8 Å². The van der Waals surface area contributed by atoms with Gasteiger partial charge in [-0.2, -0.15) is 0 Å². The molecule has 2 heterocycles. The van der Waals surface area contributed by atoms with Crippen molar-refractivity contribution in [3.05, 3.63) is 0 Å². The second-order valence-corrected chi connectivity index (χ2v) is 6.73. The van der Waals surface area contributed by atoms with Crippen LogP contribution in [-0.2, 0) is 4.79 Å². The van der Waals surface area contributed by atoms with Gasteiger partial charge in [0.05, 0.1) is 5.37 Å². The third kappa shape index (κ3) is 2.88. The van der Waals surface area contributed by atoms with Gasteiger partial charge < -0.3 is 14.9 Å². The topological polar surface area (TPSA) is 64.1 Å². The Morgan fingerprint density at radius 2 is 2.05 bits per heavy atom. The maximum atomic E-state index is 12.7. The number of carboxylic acid groups (broad SMARTS) is 1. The molecule has 0 bridgehead atoms. The zero-order valence-electron chi connectivity index (χ0n) is 12.3. The minimum atomic E-state index is -0.899. The Morgan fingerprint density at radius 1 is 1.35 bits per heavy atom. The highest BCUT2D eigenvalue weighted by atomic mass is 32.2. The summed E-state index contributed by atoms with van der Waals surface area (Å²) in [5.74, 6) is -0.410. The van der Waals surface area contributed by atoms with E-state index in [2.05, 4.69) is 11.8 Å². The Labute approximate surface area is 124 Å². The fourth-order valence-corrected chi connectivity index (χ4v) is 4.05. The number of nitrogens with zero attached hydrogens (tertiary/aromatic N) is 3. The first kappa shape index (κ1) is 15.4. The van der Waals surface area contributed by atoms with Gasteiger partial charge in [0.25, 0.3) is 0 Å². The first-order chi connectivity index (χ1) is 9.45. The number of carboxylic acids is 1. The number of likely N-dealkylation sites (N-methyl/N-ethyl adjacent to an activating group) is 1. The molecule has 0 spiro atoms. The van der Waals surface area contributed by atoms with Gasteiger partial charge in [-0.15, -0.1) is 11.8 Å². The Morgan fingerprint density at radius 3 is 2.60 bits per heavy atom.